The molecule has 1 amide bonds. The minimum atomic E-state index is -4.54. The van der Waals surface area contributed by atoms with Crippen molar-refractivity contribution in [1.82, 2.24) is 0 Å². The van der Waals surface area contributed by atoms with E-state index >= 15 is 0 Å². The molecule has 0 atom stereocenters. The topological polar surface area (TPSA) is 49.3 Å². The van der Waals surface area contributed by atoms with E-state index in [1.165, 1.54) is 0 Å². The summed E-state index contributed by atoms with van der Waals surface area (Å²) >= 11 is 0. The molecular formula is C15H12F3NO2. The van der Waals surface area contributed by atoms with Crippen molar-refractivity contribution in [2.75, 3.05) is 5.32 Å². The first-order valence-electron chi connectivity index (χ1n) is 6.10. The highest BCUT2D eigenvalue weighted by Crippen LogP contribution is 2.34. The Morgan fingerprint density at radius 2 is 1.76 bits per heavy atom. The number of alkyl halides is 3. The molecule has 0 radical (unpaired) electrons. The van der Waals surface area contributed by atoms with E-state index in [4.69, 9.17) is 0 Å². The summed E-state index contributed by atoms with van der Waals surface area (Å²) in [6.07, 6.45) is -4.52. The maximum atomic E-state index is 12.6. The molecule has 0 saturated heterocycles. The molecule has 0 saturated carbocycles. The van der Waals surface area contributed by atoms with E-state index in [0.29, 0.717) is 6.07 Å². The predicted molar refractivity (Wildman–Crippen MR) is 71.9 cm³/mol. The lowest BCUT2D eigenvalue weighted by Crippen LogP contribution is -2.15. The van der Waals surface area contributed by atoms with Crippen molar-refractivity contribution < 1.29 is 23.1 Å². The summed E-state index contributed by atoms with van der Waals surface area (Å²) in [4.78, 5) is 11.8. The largest absolute Gasteiger partial charge is 0.506 e. The third-order valence-corrected chi connectivity index (χ3v) is 2.81. The Kier molecular flexibility index (Phi) is 4.16. The molecule has 0 spiro atoms. The number of phenolic OH excluding ortho intramolecular Hbond substituents is 1. The minimum absolute atomic E-state index is 0.0104. The van der Waals surface area contributed by atoms with E-state index in [9.17, 15) is 23.1 Å². The number of hydrogen-bond acceptors (Lipinski definition) is 2. The van der Waals surface area contributed by atoms with Gasteiger partial charge in [0, 0.05) is 0 Å². The summed E-state index contributed by atoms with van der Waals surface area (Å²) in [5.41, 5.74) is -0.470. The first-order valence-corrected chi connectivity index (χ1v) is 6.10. The van der Waals surface area contributed by atoms with Crippen LogP contribution in [0.4, 0.5) is 18.9 Å². The zero-order valence-corrected chi connectivity index (χ0v) is 10.8. The third-order valence-electron chi connectivity index (χ3n) is 2.81. The van der Waals surface area contributed by atoms with Crippen LogP contribution in [0.2, 0.25) is 0 Å². The van der Waals surface area contributed by atoms with Crippen molar-refractivity contribution in [1.29, 1.82) is 0 Å². The number of hydrogen-bond donors (Lipinski definition) is 2. The Hall–Kier alpha value is -2.50. The van der Waals surface area contributed by atoms with Gasteiger partial charge in [0.15, 0.2) is 0 Å². The van der Waals surface area contributed by atoms with E-state index in [1.54, 1.807) is 30.3 Å². The van der Waals surface area contributed by atoms with Gasteiger partial charge in [0.05, 0.1) is 17.7 Å². The molecular weight excluding hydrogens is 283 g/mol. The molecule has 0 aromatic heterocycles. The van der Waals surface area contributed by atoms with Crippen LogP contribution in [-0.2, 0) is 17.4 Å². The summed E-state index contributed by atoms with van der Waals surface area (Å²) in [7, 11) is 0. The minimum Gasteiger partial charge on any atom is -0.506 e. The van der Waals surface area contributed by atoms with Crippen LogP contribution in [0.5, 0.6) is 5.75 Å². The number of amides is 1. The number of halogens is 3. The number of aromatic hydroxyl groups is 1. The quantitative estimate of drug-likeness (QED) is 0.850. The van der Waals surface area contributed by atoms with E-state index in [2.05, 4.69) is 5.32 Å². The van der Waals surface area contributed by atoms with Crippen LogP contribution in [0.25, 0.3) is 0 Å². The summed E-state index contributed by atoms with van der Waals surface area (Å²) in [5, 5.41) is 11.8. The summed E-state index contributed by atoms with van der Waals surface area (Å²) in [6.45, 7) is 0. The van der Waals surface area contributed by atoms with Crippen LogP contribution < -0.4 is 5.32 Å². The van der Waals surface area contributed by atoms with E-state index in [-0.39, 0.29) is 12.1 Å². The van der Waals surface area contributed by atoms with Gasteiger partial charge in [-0.25, -0.2) is 0 Å². The Morgan fingerprint density at radius 3 is 2.38 bits per heavy atom. The van der Waals surface area contributed by atoms with Gasteiger partial charge in [-0.3, -0.25) is 4.79 Å². The molecule has 2 aromatic rings. The molecule has 0 unspecified atom stereocenters. The number of anilines is 1. The Balaban J connectivity index is 2.14. The molecule has 0 aliphatic rings. The van der Waals surface area contributed by atoms with Crippen molar-refractivity contribution >= 4 is 11.6 Å². The van der Waals surface area contributed by atoms with Gasteiger partial charge in [0.1, 0.15) is 5.75 Å². The summed E-state index contributed by atoms with van der Waals surface area (Å²) in [5.74, 6) is -0.916. The molecule has 2 rings (SSSR count). The lowest BCUT2D eigenvalue weighted by Gasteiger charge is -2.11. The number of phenols is 1. The second kappa shape index (κ2) is 5.87. The molecule has 110 valence electrons. The number of rotatable bonds is 3. The fourth-order valence-electron chi connectivity index (χ4n) is 1.79. The lowest BCUT2D eigenvalue weighted by atomic mass is 10.1. The monoisotopic (exact) mass is 295 g/mol. The van der Waals surface area contributed by atoms with Gasteiger partial charge < -0.3 is 10.4 Å². The van der Waals surface area contributed by atoms with Crippen LogP contribution in [0, 0.1) is 0 Å². The van der Waals surface area contributed by atoms with E-state index in [1.807, 2.05) is 0 Å². The van der Waals surface area contributed by atoms with Gasteiger partial charge >= 0.3 is 6.18 Å². The van der Waals surface area contributed by atoms with Crippen molar-refractivity contribution in [3.8, 4) is 5.75 Å². The number of carbonyl (C=O) groups excluding carboxylic acids is 1. The predicted octanol–water partition coefficient (Wildman–Crippen LogP) is 3.59. The fraction of sp³-hybridized carbons (Fsp3) is 0.133. The average Bonchev–Trinajstić information content (AvgIpc) is 2.41. The number of nitrogens with one attached hydrogen (secondary N) is 1. The molecule has 21 heavy (non-hydrogen) atoms. The zero-order chi connectivity index (χ0) is 15.5. The van der Waals surface area contributed by atoms with Gasteiger partial charge in [-0.15, -0.1) is 0 Å². The maximum absolute atomic E-state index is 12.6. The summed E-state index contributed by atoms with van der Waals surface area (Å²) in [6, 6.07) is 11.1. The second-order valence-electron chi connectivity index (χ2n) is 4.44. The van der Waals surface area contributed by atoms with Crippen molar-refractivity contribution in [3.05, 3.63) is 59.7 Å². The molecule has 2 aromatic carbocycles. The van der Waals surface area contributed by atoms with E-state index in [0.717, 1.165) is 17.7 Å². The van der Waals surface area contributed by atoms with Crippen molar-refractivity contribution in [3.63, 3.8) is 0 Å². The van der Waals surface area contributed by atoms with E-state index < -0.39 is 23.4 Å². The van der Waals surface area contributed by atoms with Gasteiger partial charge in [-0.05, 0) is 23.8 Å². The molecule has 2 N–H and O–H groups in total. The van der Waals surface area contributed by atoms with Crippen molar-refractivity contribution in [2.45, 2.75) is 12.6 Å². The summed E-state index contributed by atoms with van der Waals surface area (Å²) < 4.78 is 37.8. The zero-order valence-electron chi connectivity index (χ0n) is 10.8. The van der Waals surface area contributed by atoms with Gasteiger partial charge in [-0.2, -0.15) is 13.2 Å². The fourth-order valence-corrected chi connectivity index (χ4v) is 1.79. The highest BCUT2D eigenvalue weighted by molar-refractivity contribution is 5.93. The average molecular weight is 295 g/mol. The second-order valence-corrected chi connectivity index (χ2v) is 4.44. The first kappa shape index (κ1) is 14.9. The van der Waals surface area contributed by atoms with Gasteiger partial charge in [0.2, 0.25) is 5.91 Å². The smallest absolute Gasteiger partial charge is 0.416 e. The molecule has 0 bridgehead atoms. The SMILES string of the molecule is O=C(Cc1ccccc1)Nc1cc(C(F)(F)F)ccc1O. The highest BCUT2D eigenvalue weighted by atomic mass is 19.4. The van der Waals surface area contributed by atoms with Crippen LogP contribution in [0.3, 0.4) is 0 Å². The normalized spacial score (nSPS) is 11.2. The van der Waals surface area contributed by atoms with Gasteiger partial charge in [-0.1, -0.05) is 30.3 Å². The molecule has 0 heterocycles. The first-order chi connectivity index (χ1) is 9.86. The molecule has 0 aliphatic carbocycles. The molecule has 0 aliphatic heterocycles. The Labute approximate surface area is 119 Å². The maximum Gasteiger partial charge on any atom is 0.416 e. The lowest BCUT2D eigenvalue weighted by molar-refractivity contribution is -0.137. The van der Waals surface area contributed by atoms with Crippen LogP contribution >= 0.6 is 0 Å². The highest BCUT2D eigenvalue weighted by Gasteiger charge is 2.31. The molecule has 6 heteroatoms. The number of benzene rings is 2. The van der Waals surface area contributed by atoms with Crippen LogP contribution in [0.1, 0.15) is 11.1 Å². The molecule has 3 nitrogen and oxygen atoms in total. The third kappa shape index (κ3) is 3.98. The van der Waals surface area contributed by atoms with Gasteiger partial charge in [0.25, 0.3) is 0 Å². The Morgan fingerprint density at radius 1 is 1.10 bits per heavy atom. The van der Waals surface area contributed by atoms with Crippen molar-refractivity contribution in [2.24, 2.45) is 0 Å². The standard InChI is InChI=1S/C15H12F3NO2/c16-15(17,18)11-6-7-13(20)12(9-11)19-14(21)8-10-4-2-1-3-5-10/h1-7,9,20H,8H2,(H,19,21). The van der Waals surface area contributed by atoms with Crippen LogP contribution in [0.15, 0.2) is 48.5 Å². The number of carbonyl (C=O) groups is 1. The molecule has 0 fully saturated rings. The Bertz CT molecular complexity index is 639. The van der Waals surface area contributed by atoms with Crippen LogP contribution in [-0.4, -0.2) is 11.0 Å².